The van der Waals surface area contributed by atoms with Crippen molar-refractivity contribution in [3.63, 3.8) is 0 Å². The molecule has 3 rings (SSSR count). The number of nitrogens with one attached hydrogen (secondary N) is 1. The molecule has 0 amide bonds. The molecule has 1 heterocycles. The van der Waals surface area contributed by atoms with E-state index in [0.717, 1.165) is 5.56 Å². The van der Waals surface area contributed by atoms with Crippen LogP contribution in [-0.4, -0.2) is 21.1 Å². The van der Waals surface area contributed by atoms with Gasteiger partial charge in [0.25, 0.3) is 0 Å². The molecule has 3 aromatic rings. The van der Waals surface area contributed by atoms with E-state index in [4.69, 9.17) is 47.0 Å². The number of benzene rings is 2. The molecule has 2 aromatic carbocycles. The van der Waals surface area contributed by atoms with Gasteiger partial charge in [0.2, 0.25) is 4.77 Å². The highest BCUT2D eigenvalue weighted by molar-refractivity contribution is 7.71. The van der Waals surface area contributed by atoms with Crippen LogP contribution in [0.2, 0.25) is 15.1 Å². The van der Waals surface area contributed by atoms with Crippen molar-refractivity contribution in [1.82, 2.24) is 14.9 Å². The quantitative estimate of drug-likeness (QED) is 0.483. The van der Waals surface area contributed by atoms with E-state index in [-0.39, 0.29) is 0 Å². The first-order chi connectivity index (χ1) is 11.1. The predicted molar refractivity (Wildman–Crippen MR) is 97.3 cm³/mol. The third-order valence-electron chi connectivity index (χ3n) is 3.04. The van der Waals surface area contributed by atoms with Gasteiger partial charge < -0.3 is 0 Å². The van der Waals surface area contributed by atoms with E-state index in [1.165, 1.54) is 4.68 Å². The molecule has 8 heteroatoms. The molecule has 0 radical (unpaired) electrons. The zero-order valence-electron chi connectivity index (χ0n) is 11.5. The van der Waals surface area contributed by atoms with E-state index >= 15 is 0 Å². The number of nitrogens with zero attached hydrogens (tertiary/aromatic N) is 3. The van der Waals surface area contributed by atoms with Crippen LogP contribution in [0.25, 0.3) is 11.4 Å². The van der Waals surface area contributed by atoms with Crippen molar-refractivity contribution in [3.8, 4) is 11.4 Å². The number of aromatic nitrogens is 3. The van der Waals surface area contributed by atoms with Crippen LogP contribution in [0.4, 0.5) is 0 Å². The van der Waals surface area contributed by atoms with Crippen molar-refractivity contribution < 1.29 is 0 Å². The van der Waals surface area contributed by atoms with Gasteiger partial charge >= 0.3 is 0 Å². The summed E-state index contributed by atoms with van der Waals surface area (Å²) in [6, 6.07) is 12.5. The second kappa shape index (κ2) is 6.84. The van der Waals surface area contributed by atoms with Gasteiger partial charge in [-0.2, -0.15) is 14.9 Å². The van der Waals surface area contributed by atoms with E-state index in [2.05, 4.69) is 15.3 Å². The summed E-state index contributed by atoms with van der Waals surface area (Å²) < 4.78 is 1.83. The average Bonchev–Trinajstić information content (AvgIpc) is 2.88. The topological polar surface area (TPSA) is 46.0 Å². The molecule has 0 saturated heterocycles. The molecule has 0 aliphatic rings. The lowest BCUT2D eigenvalue weighted by Gasteiger charge is -2.03. The smallest absolute Gasteiger partial charge is 0.216 e. The van der Waals surface area contributed by atoms with Crippen molar-refractivity contribution in [2.75, 3.05) is 0 Å². The minimum absolute atomic E-state index is 0.347. The van der Waals surface area contributed by atoms with Crippen LogP contribution in [0.5, 0.6) is 0 Å². The van der Waals surface area contributed by atoms with Gasteiger partial charge in [0.15, 0.2) is 5.82 Å². The Labute approximate surface area is 152 Å². The lowest BCUT2D eigenvalue weighted by molar-refractivity contribution is 0.871. The monoisotopic (exact) mass is 382 g/mol. The average molecular weight is 384 g/mol. The maximum Gasteiger partial charge on any atom is 0.216 e. The number of aromatic amines is 1. The molecule has 0 bridgehead atoms. The maximum atomic E-state index is 6.14. The molecular formula is C15H9Cl3N4S. The van der Waals surface area contributed by atoms with Crippen molar-refractivity contribution in [1.29, 1.82) is 0 Å². The Balaban J connectivity index is 2.06. The number of H-pyrrole nitrogens is 1. The van der Waals surface area contributed by atoms with Crippen LogP contribution < -0.4 is 0 Å². The molecule has 0 unspecified atom stereocenters. The molecule has 1 N–H and O–H groups in total. The van der Waals surface area contributed by atoms with Crippen molar-refractivity contribution >= 4 is 53.2 Å². The number of hydrogen-bond acceptors (Lipinski definition) is 3. The summed E-state index contributed by atoms with van der Waals surface area (Å²) in [7, 11) is 0. The third kappa shape index (κ3) is 3.48. The predicted octanol–water partition coefficient (Wildman–Crippen LogP) is 5.45. The Bertz CT molecular complexity index is 926. The van der Waals surface area contributed by atoms with Crippen LogP contribution in [0.3, 0.4) is 0 Å². The zero-order chi connectivity index (χ0) is 16.4. The molecule has 0 aliphatic carbocycles. The van der Waals surface area contributed by atoms with E-state index < -0.39 is 0 Å². The summed E-state index contributed by atoms with van der Waals surface area (Å²) >= 11 is 23.5. The van der Waals surface area contributed by atoms with Gasteiger partial charge in [0.05, 0.1) is 16.3 Å². The van der Waals surface area contributed by atoms with Crippen LogP contribution in [0, 0.1) is 4.77 Å². The van der Waals surface area contributed by atoms with Crippen LogP contribution >= 0.6 is 47.0 Å². The number of halogens is 3. The Morgan fingerprint density at radius 1 is 1.09 bits per heavy atom. The Kier molecular flexibility index (Phi) is 4.82. The lowest BCUT2D eigenvalue weighted by atomic mass is 10.2. The minimum atomic E-state index is 0.347. The first-order valence-electron chi connectivity index (χ1n) is 6.48. The normalized spacial score (nSPS) is 11.3. The summed E-state index contributed by atoms with van der Waals surface area (Å²) in [6.45, 7) is 0. The van der Waals surface area contributed by atoms with Crippen molar-refractivity contribution in [2.24, 2.45) is 5.10 Å². The van der Waals surface area contributed by atoms with E-state index in [9.17, 15) is 0 Å². The SMILES string of the molecule is S=c1[nH]nc(-c2cccc(Cl)c2)n1/N=C\c1c(Cl)cccc1Cl. The second-order valence-corrected chi connectivity index (χ2v) is 6.19. The molecular weight excluding hydrogens is 375 g/mol. The Morgan fingerprint density at radius 2 is 1.78 bits per heavy atom. The van der Waals surface area contributed by atoms with Crippen LogP contribution in [0.1, 0.15) is 5.56 Å². The molecule has 23 heavy (non-hydrogen) atoms. The Hall–Kier alpha value is -1.66. The molecule has 4 nitrogen and oxygen atoms in total. The molecule has 0 atom stereocenters. The third-order valence-corrected chi connectivity index (χ3v) is 4.19. The summed E-state index contributed by atoms with van der Waals surface area (Å²) in [5, 5.41) is 12.9. The van der Waals surface area contributed by atoms with Gasteiger partial charge in [-0.1, -0.05) is 53.0 Å². The largest absolute Gasteiger partial charge is 0.250 e. The van der Waals surface area contributed by atoms with Crippen molar-refractivity contribution in [2.45, 2.75) is 0 Å². The van der Waals surface area contributed by atoms with Gasteiger partial charge in [-0.25, -0.2) is 5.10 Å². The second-order valence-electron chi connectivity index (χ2n) is 4.55. The molecule has 0 saturated carbocycles. The fourth-order valence-corrected chi connectivity index (χ4v) is 2.83. The number of hydrogen-bond donors (Lipinski definition) is 1. The van der Waals surface area contributed by atoms with Gasteiger partial charge in [-0.15, -0.1) is 0 Å². The summed E-state index contributed by atoms with van der Waals surface area (Å²) in [4.78, 5) is 0. The van der Waals surface area contributed by atoms with Gasteiger partial charge in [0, 0.05) is 16.1 Å². The zero-order valence-corrected chi connectivity index (χ0v) is 14.6. The van der Waals surface area contributed by atoms with E-state index in [0.29, 0.717) is 31.2 Å². The number of rotatable bonds is 3. The van der Waals surface area contributed by atoms with E-state index in [1.807, 2.05) is 12.1 Å². The molecule has 0 spiro atoms. The van der Waals surface area contributed by atoms with Crippen LogP contribution in [0.15, 0.2) is 47.6 Å². The molecule has 116 valence electrons. The highest BCUT2D eigenvalue weighted by atomic mass is 35.5. The Morgan fingerprint density at radius 3 is 2.48 bits per heavy atom. The van der Waals surface area contributed by atoms with Gasteiger partial charge in [0.1, 0.15) is 0 Å². The summed E-state index contributed by atoms with van der Waals surface area (Å²) in [5.41, 5.74) is 1.39. The fraction of sp³-hybridized carbons (Fsp3) is 0. The van der Waals surface area contributed by atoms with Crippen molar-refractivity contribution in [3.05, 3.63) is 67.9 Å². The fourth-order valence-electron chi connectivity index (χ4n) is 1.96. The molecule has 0 fully saturated rings. The highest BCUT2D eigenvalue weighted by Crippen LogP contribution is 2.24. The highest BCUT2D eigenvalue weighted by Gasteiger charge is 2.09. The minimum Gasteiger partial charge on any atom is -0.250 e. The summed E-state index contributed by atoms with van der Waals surface area (Å²) in [5.74, 6) is 0.539. The van der Waals surface area contributed by atoms with E-state index in [1.54, 1.807) is 36.5 Å². The first kappa shape index (κ1) is 16.2. The maximum absolute atomic E-state index is 6.14. The first-order valence-corrected chi connectivity index (χ1v) is 8.02. The van der Waals surface area contributed by atoms with Gasteiger partial charge in [-0.3, -0.25) is 0 Å². The standard InChI is InChI=1S/C15H9Cl3N4S/c16-10-4-1-3-9(7-10)14-20-21-15(23)22(14)19-8-11-12(17)5-2-6-13(11)18/h1-8H,(H,21,23)/b19-8-. The molecule has 0 aliphatic heterocycles. The lowest BCUT2D eigenvalue weighted by Crippen LogP contribution is -1.96. The van der Waals surface area contributed by atoms with Crippen LogP contribution in [-0.2, 0) is 0 Å². The molecule has 1 aromatic heterocycles. The van der Waals surface area contributed by atoms with Gasteiger partial charge in [-0.05, 0) is 36.5 Å². The summed E-state index contributed by atoms with van der Waals surface area (Å²) in [6.07, 6.45) is 1.55.